The first kappa shape index (κ1) is 17.6. The van der Waals surface area contributed by atoms with Gasteiger partial charge in [0.1, 0.15) is 0 Å². The van der Waals surface area contributed by atoms with E-state index in [4.69, 9.17) is 9.47 Å². The molecular formula is C16H22N2O4. The molecule has 1 aromatic carbocycles. The molecule has 6 heteroatoms. The van der Waals surface area contributed by atoms with E-state index in [2.05, 4.69) is 11.9 Å². The summed E-state index contributed by atoms with van der Waals surface area (Å²) in [6, 6.07) is 4.94. The minimum atomic E-state index is -0.233. The van der Waals surface area contributed by atoms with E-state index >= 15 is 0 Å². The largest absolute Gasteiger partial charge is 0.493 e. The van der Waals surface area contributed by atoms with Crippen molar-refractivity contribution in [1.29, 1.82) is 0 Å². The van der Waals surface area contributed by atoms with Crippen LogP contribution in [0.4, 0.5) is 0 Å². The molecule has 0 aliphatic heterocycles. The topological polar surface area (TPSA) is 67.9 Å². The lowest BCUT2D eigenvalue weighted by Crippen LogP contribution is -2.37. The van der Waals surface area contributed by atoms with Gasteiger partial charge >= 0.3 is 0 Å². The highest BCUT2D eigenvalue weighted by molar-refractivity contribution is 5.94. The highest BCUT2D eigenvalue weighted by atomic mass is 16.5. The third-order valence-corrected chi connectivity index (χ3v) is 3.11. The monoisotopic (exact) mass is 306 g/mol. The van der Waals surface area contributed by atoms with E-state index in [-0.39, 0.29) is 11.8 Å². The zero-order valence-electron chi connectivity index (χ0n) is 13.2. The molecule has 6 nitrogen and oxygen atoms in total. The van der Waals surface area contributed by atoms with Gasteiger partial charge in [0.25, 0.3) is 5.91 Å². The number of carbonyl (C=O) groups excluding carboxylic acids is 2. The Kier molecular flexibility index (Phi) is 6.95. The van der Waals surface area contributed by atoms with E-state index in [9.17, 15) is 9.59 Å². The number of hydrogen-bond acceptors (Lipinski definition) is 4. The lowest BCUT2D eigenvalue weighted by Gasteiger charge is -2.19. The van der Waals surface area contributed by atoms with Gasteiger partial charge in [-0.15, -0.1) is 6.58 Å². The fourth-order valence-electron chi connectivity index (χ4n) is 1.92. The minimum absolute atomic E-state index is 0.0553. The molecule has 2 amide bonds. The Morgan fingerprint density at radius 1 is 1.27 bits per heavy atom. The summed E-state index contributed by atoms with van der Waals surface area (Å²) in [5.41, 5.74) is 0.468. The molecule has 0 spiro atoms. The number of methoxy groups -OCH3 is 2. The van der Waals surface area contributed by atoms with Gasteiger partial charge in [-0.1, -0.05) is 6.08 Å². The molecule has 0 atom stereocenters. The van der Waals surface area contributed by atoms with Gasteiger partial charge in [-0.25, -0.2) is 0 Å². The van der Waals surface area contributed by atoms with Crippen LogP contribution in [-0.2, 0) is 4.79 Å². The molecule has 0 aliphatic carbocycles. The van der Waals surface area contributed by atoms with E-state index < -0.39 is 0 Å². The number of nitrogens with zero attached hydrogens (tertiary/aromatic N) is 1. The van der Waals surface area contributed by atoms with Crippen LogP contribution in [0.3, 0.4) is 0 Å². The van der Waals surface area contributed by atoms with Crippen molar-refractivity contribution in [3.8, 4) is 11.5 Å². The Hall–Kier alpha value is -2.50. The zero-order chi connectivity index (χ0) is 16.5. The molecule has 0 aliphatic rings. The standard InChI is InChI=1S/C16H22N2O4/c1-5-9-18(12(2)19)10-8-17-16(20)13-6-7-14(21-3)15(11-13)22-4/h5-7,11H,1,8-10H2,2-4H3,(H,17,20). The number of nitrogens with one attached hydrogen (secondary N) is 1. The van der Waals surface area contributed by atoms with Crippen LogP contribution in [0.25, 0.3) is 0 Å². The van der Waals surface area contributed by atoms with Crippen LogP contribution in [0.5, 0.6) is 11.5 Å². The van der Waals surface area contributed by atoms with Crippen molar-refractivity contribution >= 4 is 11.8 Å². The van der Waals surface area contributed by atoms with Crippen molar-refractivity contribution in [2.24, 2.45) is 0 Å². The van der Waals surface area contributed by atoms with Crippen molar-refractivity contribution < 1.29 is 19.1 Å². The molecule has 0 fully saturated rings. The van der Waals surface area contributed by atoms with Gasteiger partial charge < -0.3 is 19.7 Å². The van der Waals surface area contributed by atoms with Gasteiger partial charge in [-0.2, -0.15) is 0 Å². The Morgan fingerprint density at radius 3 is 2.50 bits per heavy atom. The summed E-state index contributed by atoms with van der Waals surface area (Å²) in [5.74, 6) is 0.767. The lowest BCUT2D eigenvalue weighted by atomic mass is 10.2. The van der Waals surface area contributed by atoms with Crippen LogP contribution in [0.1, 0.15) is 17.3 Å². The molecule has 1 aromatic rings. The number of hydrogen-bond donors (Lipinski definition) is 1. The fraction of sp³-hybridized carbons (Fsp3) is 0.375. The van der Waals surface area contributed by atoms with Gasteiger partial charge in [0.15, 0.2) is 11.5 Å². The maximum absolute atomic E-state index is 12.1. The smallest absolute Gasteiger partial charge is 0.251 e. The van der Waals surface area contributed by atoms with Crippen LogP contribution >= 0.6 is 0 Å². The highest BCUT2D eigenvalue weighted by Crippen LogP contribution is 2.27. The summed E-state index contributed by atoms with van der Waals surface area (Å²) in [4.78, 5) is 25.1. The van der Waals surface area contributed by atoms with Gasteiger partial charge in [-0.3, -0.25) is 9.59 Å². The summed E-state index contributed by atoms with van der Waals surface area (Å²) < 4.78 is 10.3. The molecule has 0 saturated heterocycles. The molecule has 0 aromatic heterocycles. The van der Waals surface area contributed by atoms with Crippen LogP contribution in [-0.4, -0.2) is 50.6 Å². The van der Waals surface area contributed by atoms with Gasteiger partial charge in [0.05, 0.1) is 14.2 Å². The van der Waals surface area contributed by atoms with E-state index in [1.54, 1.807) is 29.2 Å². The lowest BCUT2D eigenvalue weighted by molar-refractivity contribution is -0.128. The first-order valence-electron chi connectivity index (χ1n) is 6.90. The molecular weight excluding hydrogens is 284 g/mol. The predicted molar refractivity (Wildman–Crippen MR) is 84.3 cm³/mol. The van der Waals surface area contributed by atoms with E-state index in [1.165, 1.54) is 21.1 Å². The first-order valence-corrected chi connectivity index (χ1v) is 6.90. The fourth-order valence-corrected chi connectivity index (χ4v) is 1.92. The van der Waals surface area contributed by atoms with Crippen molar-refractivity contribution in [2.45, 2.75) is 6.92 Å². The van der Waals surface area contributed by atoms with Gasteiger partial charge in [0.2, 0.25) is 5.91 Å². The molecule has 0 bridgehead atoms. The Balaban J connectivity index is 2.62. The molecule has 0 radical (unpaired) electrons. The van der Waals surface area contributed by atoms with Crippen LogP contribution < -0.4 is 14.8 Å². The second-order valence-electron chi connectivity index (χ2n) is 4.58. The Morgan fingerprint density at radius 2 is 1.95 bits per heavy atom. The van der Waals surface area contributed by atoms with Crippen LogP contribution in [0.15, 0.2) is 30.9 Å². The Bertz CT molecular complexity index is 543. The average molecular weight is 306 g/mol. The van der Waals surface area contributed by atoms with Gasteiger partial charge in [-0.05, 0) is 18.2 Å². The third-order valence-electron chi connectivity index (χ3n) is 3.11. The van der Waals surface area contributed by atoms with Crippen molar-refractivity contribution in [3.63, 3.8) is 0 Å². The van der Waals surface area contributed by atoms with Crippen molar-refractivity contribution in [3.05, 3.63) is 36.4 Å². The maximum Gasteiger partial charge on any atom is 0.251 e. The van der Waals surface area contributed by atoms with E-state index in [1.807, 2.05) is 0 Å². The molecule has 22 heavy (non-hydrogen) atoms. The molecule has 0 heterocycles. The third kappa shape index (κ3) is 4.80. The minimum Gasteiger partial charge on any atom is -0.493 e. The van der Waals surface area contributed by atoms with Crippen molar-refractivity contribution in [1.82, 2.24) is 10.2 Å². The molecule has 1 N–H and O–H groups in total. The average Bonchev–Trinajstić information content (AvgIpc) is 2.52. The summed E-state index contributed by atoms with van der Waals surface area (Å²) in [7, 11) is 3.05. The first-order chi connectivity index (χ1) is 10.5. The summed E-state index contributed by atoms with van der Waals surface area (Å²) in [6.45, 7) is 6.34. The SMILES string of the molecule is C=CCN(CCNC(=O)c1ccc(OC)c(OC)c1)C(C)=O. The molecule has 120 valence electrons. The Labute approximate surface area is 130 Å². The molecule has 0 unspecified atom stereocenters. The summed E-state index contributed by atoms with van der Waals surface area (Å²) >= 11 is 0. The summed E-state index contributed by atoms with van der Waals surface area (Å²) in [5, 5.41) is 2.77. The second kappa shape index (κ2) is 8.71. The number of amides is 2. The van der Waals surface area contributed by atoms with E-state index in [0.717, 1.165) is 0 Å². The van der Waals surface area contributed by atoms with Crippen LogP contribution in [0.2, 0.25) is 0 Å². The molecule has 0 saturated carbocycles. The number of benzene rings is 1. The second-order valence-corrected chi connectivity index (χ2v) is 4.58. The van der Waals surface area contributed by atoms with E-state index in [0.29, 0.717) is 36.7 Å². The number of ether oxygens (including phenoxy) is 2. The predicted octanol–water partition coefficient (Wildman–Crippen LogP) is 1.47. The summed E-state index contributed by atoms with van der Waals surface area (Å²) in [6.07, 6.45) is 1.65. The number of rotatable bonds is 8. The van der Waals surface area contributed by atoms with Crippen LogP contribution in [0, 0.1) is 0 Å². The molecule has 1 rings (SSSR count). The zero-order valence-corrected chi connectivity index (χ0v) is 13.2. The quantitative estimate of drug-likeness (QED) is 0.739. The van der Waals surface area contributed by atoms with Gasteiger partial charge in [0, 0.05) is 32.1 Å². The highest BCUT2D eigenvalue weighted by Gasteiger charge is 2.11. The van der Waals surface area contributed by atoms with Crippen molar-refractivity contribution in [2.75, 3.05) is 33.9 Å². The number of carbonyl (C=O) groups is 2. The maximum atomic E-state index is 12.1. The normalized spacial score (nSPS) is 9.77.